The largest absolute Gasteiger partial charge is 0.463 e. The van der Waals surface area contributed by atoms with Crippen molar-refractivity contribution in [3.63, 3.8) is 0 Å². The topological polar surface area (TPSA) is 44.8 Å². The number of hydrogen-bond acceptors (Lipinski definition) is 4. The molecule has 20 heavy (non-hydrogen) atoms. The summed E-state index contributed by atoms with van der Waals surface area (Å²) >= 11 is 0. The van der Waals surface area contributed by atoms with Crippen molar-refractivity contribution >= 4 is 5.97 Å². The summed E-state index contributed by atoms with van der Waals surface area (Å²) in [5, 5.41) is 0. The van der Waals surface area contributed by atoms with Crippen LogP contribution in [0, 0.1) is 5.92 Å². The molecule has 1 heterocycles. The van der Waals surface area contributed by atoms with E-state index in [9.17, 15) is 4.79 Å². The van der Waals surface area contributed by atoms with Crippen LogP contribution in [-0.2, 0) is 19.3 Å². The van der Waals surface area contributed by atoms with Gasteiger partial charge in [-0.15, -0.1) is 0 Å². The van der Waals surface area contributed by atoms with Gasteiger partial charge in [-0.25, -0.2) is 14.6 Å². The van der Waals surface area contributed by atoms with Crippen LogP contribution < -0.4 is 0 Å². The Labute approximate surface area is 123 Å². The fraction of sp³-hybridized carbons (Fsp3) is 0.938. The zero-order chi connectivity index (χ0) is 15.0. The van der Waals surface area contributed by atoms with Gasteiger partial charge >= 0.3 is 5.97 Å². The summed E-state index contributed by atoms with van der Waals surface area (Å²) in [6.07, 6.45) is 6.78. The molecule has 1 saturated heterocycles. The van der Waals surface area contributed by atoms with Gasteiger partial charge in [0, 0.05) is 0 Å². The summed E-state index contributed by atoms with van der Waals surface area (Å²) in [5.41, 5.74) is -0.862. The molecule has 0 aromatic heterocycles. The number of ether oxygens (including phenoxy) is 1. The highest BCUT2D eigenvalue weighted by atomic mass is 17.3. The van der Waals surface area contributed by atoms with Gasteiger partial charge < -0.3 is 4.74 Å². The van der Waals surface area contributed by atoms with Crippen LogP contribution in [-0.4, -0.2) is 24.3 Å². The van der Waals surface area contributed by atoms with Crippen molar-refractivity contribution in [2.24, 2.45) is 5.92 Å². The molecule has 0 bridgehead atoms. The monoisotopic (exact) mass is 286 g/mol. The van der Waals surface area contributed by atoms with Crippen LogP contribution in [0.1, 0.15) is 72.6 Å². The molecule has 0 aromatic rings. The predicted octanol–water partition coefficient (Wildman–Crippen LogP) is 4.03. The van der Waals surface area contributed by atoms with E-state index < -0.39 is 5.60 Å². The third-order valence-electron chi connectivity index (χ3n) is 4.25. The Balaban J connectivity index is 2.47. The van der Waals surface area contributed by atoms with Crippen LogP contribution in [0.25, 0.3) is 0 Å². The average molecular weight is 286 g/mol. The quantitative estimate of drug-likeness (QED) is 0.449. The summed E-state index contributed by atoms with van der Waals surface area (Å²) in [6.45, 7) is 8.84. The maximum atomic E-state index is 12.3. The van der Waals surface area contributed by atoms with Gasteiger partial charge in [0.1, 0.15) is 6.10 Å². The number of unbranched alkanes of at least 4 members (excludes halogenated alkanes) is 1. The summed E-state index contributed by atoms with van der Waals surface area (Å²) < 4.78 is 5.52. The molecule has 3 unspecified atom stereocenters. The molecule has 3 atom stereocenters. The first-order chi connectivity index (χ1) is 9.64. The van der Waals surface area contributed by atoms with Crippen molar-refractivity contribution in [3.8, 4) is 0 Å². The van der Waals surface area contributed by atoms with E-state index in [2.05, 4.69) is 20.8 Å². The highest BCUT2D eigenvalue weighted by Crippen LogP contribution is 2.37. The average Bonchev–Trinajstić information content (AvgIpc) is 2.45. The van der Waals surface area contributed by atoms with E-state index >= 15 is 0 Å². The van der Waals surface area contributed by atoms with Crippen molar-refractivity contribution in [1.82, 2.24) is 0 Å². The smallest absolute Gasteiger partial charge is 0.344 e. The lowest BCUT2D eigenvalue weighted by Crippen LogP contribution is -2.61. The van der Waals surface area contributed by atoms with Crippen molar-refractivity contribution in [2.75, 3.05) is 6.61 Å². The number of rotatable bonds is 10. The molecule has 0 aromatic carbocycles. The number of carbonyl (C=O) groups is 1. The fourth-order valence-corrected chi connectivity index (χ4v) is 2.59. The molecule has 0 radical (unpaired) electrons. The van der Waals surface area contributed by atoms with Gasteiger partial charge in [-0.1, -0.05) is 53.4 Å². The van der Waals surface area contributed by atoms with E-state index in [0.29, 0.717) is 18.9 Å². The Hall–Kier alpha value is -0.610. The molecule has 4 nitrogen and oxygen atoms in total. The molecule has 1 fully saturated rings. The molecule has 0 spiro atoms. The Morgan fingerprint density at radius 2 is 2.00 bits per heavy atom. The zero-order valence-corrected chi connectivity index (χ0v) is 13.4. The Morgan fingerprint density at radius 3 is 2.45 bits per heavy atom. The summed E-state index contributed by atoms with van der Waals surface area (Å²) in [4.78, 5) is 22.6. The lowest BCUT2D eigenvalue weighted by molar-refractivity contribution is -0.498. The minimum Gasteiger partial charge on any atom is -0.463 e. The van der Waals surface area contributed by atoms with Crippen LogP contribution in [0.5, 0.6) is 0 Å². The van der Waals surface area contributed by atoms with E-state index in [1.165, 1.54) is 12.8 Å². The first-order valence-corrected chi connectivity index (χ1v) is 8.16. The highest BCUT2D eigenvalue weighted by Gasteiger charge is 2.57. The highest BCUT2D eigenvalue weighted by molar-refractivity contribution is 5.81. The summed E-state index contributed by atoms with van der Waals surface area (Å²) in [6, 6.07) is 0. The molecule has 1 aliphatic heterocycles. The van der Waals surface area contributed by atoms with Crippen molar-refractivity contribution in [1.29, 1.82) is 0 Å². The van der Waals surface area contributed by atoms with Crippen LogP contribution >= 0.6 is 0 Å². The zero-order valence-electron chi connectivity index (χ0n) is 13.4. The third kappa shape index (κ3) is 3.95. The second kappa shape index (κ2) is 8.63. The summed E-state index contributed by atoms with van der Waals surface area (Å²) in [5.74, 6) is 0.207. The third-order valence-corrected chi connectivity index (χ3v) is 4.25. The first-order valence-electron chi connectivity index (χ1n) is 8.16. The van der Waals surface area contributed by atoms with Crippen molar-refractivity contribution in [2.45, 2.75) is 84.3 Å². The van der Waals surface area contributed by atoms with Crippen LogP contribution in [0.3, 0.4) is 0 Å². The molecule has 118 valence electrons. The number of carbonyl (C=O) groups excluding carboxylic acids is 1. The standard InChI is InChI=1S/C16H30O4/c1-5-9-11-13(7-3)12-18-15(17)16(8-4)14(10-6-2)19-20-16/h13-14H,5-12H2,1-4H3. The Kier molecular flexibility index (Phi) is 7.52. The molecule has 0 amide bonds. The minimum atomic E-state index is -0.862. The SMILES string of the molecule is CCCCC(CC)COC(=O)C1(CC)OOC1CCC. The predicted molar refractivity (Wildman–Crippen MR) is 78.2 cm³/mol. The molecule has 0 saturated carbocycles. The summed E-state index contributed by atoms with van der Waals surface area (Å²) in [7, 11) is 0. The molecule has 1 rings (SSSR count). The normalized spacial score (nSPS) is 26.9. The van der Waals surface area contributed by atoms with Gasteiger partial charge in [0.25, 0.3) is 0 Å². The van der Waals surface area contributed by atoms with Gasteiger partial charge in [0.05, 0.1) is 6.61 Å². The maximum Gasteiger partial charge on any atom is 0.344 e. The number of hydrogen-bond donors (Lipinski definition) is 0. The van der Waals surface area contributed by atoms with Crippen LogP contribution in [0.4, 0.5) is 0 Å². The van der Waals surface area contributed by atoms with Crippen molar-refractivity contribution < 1.29 is 19.3 Å². The van der Waals surface area contributed by atoms with E-state index in [-0.39, 0.29) is 12.1 Å². The molecule has 1 aliphatic rings. The second-order valence-electron chi connectivity index (χ2n) is 5.71. The van der Waals surface area contributed by atoms with Gasteiger partial charge in [0.15, 0.2) is 0 Å². The first kappa shape index (κ1) is 17.4. The molecule has 0 aliphatic carbocycles. The second-order valence-corrected chi connectivity index (χ2v) is 5.71. The van der Waals surface area contributed by atoms with Gasteiger partial charge in [-0.3, -0.25) is 0 Å². The van der Waals surface area contributed by atoms with E-state index in [0.717, 1.165) is 25.7 Å². The van der Waals surface area contributed by atoms with E-state index in [4.69, 9.17) is 14.5 Å². The van der Waals surface area contributed by atoms with E-state index in [1.807, 2.05) is 6.92 Å². The van der Waals surface area contributed by atoms with Crippen LogP contribution in [0.2, 0.25) is 0 Å². The van der Waals surface area contributed by atoms with Crippen molar-refractivity contribution in [3.05, 3.63) is 0 Å². The van der Waals surface area contributed by atoms with Gasteiger partial charge in [-0.05, 0) is 25.2 Å². The maximum absolute atomic E-state index is 12.3. The van der Waals surface area contributed by atoms with Gasteiger partial charge in [0.2, 0.25) is 5.60 Å². The van der Waals surface area contributed by atoms with Gasteiger partial charge in [-0.2, -0.15) is 0 Å². The Bertz CT molecular complexity index is 288. The Morgan fingerprint density at radius 1 is 1.25 bits per heavy atom. The minimum absolute atomic E-state index is 0.152. The molecule has 0 N–H and O–H groups in total. The molecule has 4 heteroatoms. The van der Waals surface area contributed by atoms with E-state index in [1.54, 1.807) is 0 Å². The lowest BCUT2D eigenvalue weighted by atomic mass is 9.89. The number of esters is 1. The fourth-order valence-electron chi connectivity index (χ4n) is 2.59. The molecular formula is C16H30O4. The van der Waals surface area contributed by atoms with Crippen LogP contribution in [0.15, 0.2) is 0 Å². The molecular weight excluding hydrogens is 256 g/mol. The lowest BCUT2D eigenvalue weighted by Gasteiger charge is -2.44.